The zero-order valence-electron chi connectivity index (χ0n) is 12.4. The lowest BCUT2D eigenvalue weighted by atomic mass is 9.95. The van der Waals surface area contributed by atoms with Gasteiger partial charge in [0, 0.05) is 12.1 Å². The Morgan fingerprint density at radius 3 is 2.57 bits per heavy atom. The number of hydrogen-bond donors (Lipinski definition) is 0. The molecule has 0 aliphatic carbocycles. The monoisotopic (exact) mass is 288 g/mol. The highest BCUT2D eigenvalue weighted by molar-refractivity contribution is 5.65. The molecule has 3 rings (SSSR count). The van der Waals surface area contributed by atoms with Gasteiger partial charge in [-0.15, -0.1) is 0 Å². The van der Waals surface area contributed by atoms with Crippen LogP contribution in [-0.2, 0) is 0 Å². The molecule has 1 aromatic carbocycles. The van der Waals surface area contributed by atoms with Crippen LogP contribution in [0.5, 0.6) is 5.75 Å². The smallest absolute Gasteiger partial charge is 0.280 e. The zero-order valence-corrected chi connectivity index (χ0v) is 12.4. The van der Waals surface area contributed by atoms with Gasteiger partial charge in [0.15, 0.2) is 0 Å². The van der Waals surface area contributed by atoms with Gasteiger partial charge in [0.2, 0.25) is 0 Å². The second-order valence-electron chi connectivity index (χ2n) is 5.94. The Labute approximate surface area is 124 Å². The van der Waals surface area contributed by atoms with Crippen LogP contribution in [0, 0.1) is 10.1 Å². The number of methoxy groups -OCH3 is 1. The van der Waals surface area contributed by atoms with E-state index in [1.807, 2.05) is 6.08 Å². The third-order valence-corrected chi connectivity index (χ3v) is 4.77. The van der Waals surface area contributed by atoms with E-state index in [1.54, 1.807) is 12.1 Å². The first kappa shape index (κ1) is 14.1. The first-order valence-corrected chi connectivity index (χ1v) is 7.32. The maximum Gasteiger partial charge on any atom is 0.280 e. The van der Waals surface area contributed by atoms with Crippen LogP contribution in [0.3, 0.4) is 0 Å². The number of fused-ring (bicyclic) bond motifs is 2. The number of nitro groups is 1. The molecule has 0 amide bonds. The van der Waals surface area contributed by atoms with E-state index >= 15 is 0 Å². The molecule has 2 heterocycles. The van der Waals surface area contributed by atoms with E-state index in [-0.39, 0.29) is 10.6 Å². The Balaban J connectivity index is 1.91. The molecule has 1 aromatic rings. The lowest BCUT2D eigenvalue weighted by Crippen LogP contribution is -2.36. The van der Waals surface area contributed by atoms with Crippen LogP contribution in [0.25, 0.3) is 6.08 Å². The normalized spacial score (nSPS) is 27.0. The Morgan fingerprint density at radius 1 is 1.33 bits per heavy atom. The van der Waals surface area contributed by atoms with Crippen LogP contribution < -0.4 is 4.74 Å². The minimum Gasteiger partial charge on any atom is -0.497 e. The SMILES string of the molecule is COc1ccc(C=C2C[C@H]3CC[C@@H](C2)N3C)c([N+](=O)[O-])c1. The van der Waals surface area contributed by atoms with Gasteiger partial charge in [-0.25, -0.2) is 0 Å². The van der Waals surface area contributed by atoms with E-state index < -0.39 is 0 Å². The predicted molar refractivity (Wildman–Crippen MR) is 81.4 cm³/mol. The maximum atomic E-state index is 11.2. The van der Waals surface area contributed by atoms with Gasteiger partial charge < -0.3 is 4.74 Å². The highest BCUT2D eigenvalue weighted by Gasteiger charge is 2.35. The number of rotatable bonds is 3. The van der Waals surface area contributed by atoms with E-state index in [4.69, 9.17) is 4.74 Å². The van der Waals surface area contributed by atoms with Crippen molar-refractivity contribution in [1.29, 1.82) is 0 Å². The number of benzene rings is 1. The van der Waals surface area contributed by atoms with Gasteiger partial charge in [-0.3, -0.25) is 15.0 Å². The Morgan fingerprint density at radius 2 is 2.00 bits per heavy atom. The Kier molecular flexibility index (Phi) is 3.68. The Bertz CT molecular complexity index is 581. The molecule has 0 saturated carbocycles. The fourth-order valence-electron chi connectivity index (χ4n) is 3.54. The van der Waals surface area contributed by atoms with Crippen molar-refractivity contribution in [3.63, 3.8) is 0 Å². The molecule has 0 radical (unpaired) electrons. The number of piperidine rings is 1. The molecule has 0 N–H and O–H groups in total. The first-order chi connectivity index (χ1) is 10.1. The molecule has 0 unspecified atom stereocenters. The van der Waals surface area contributed by atoms with Crippen molar-refractivity contribution in [2.45, 2.75) is 37.8 Å². The van der Waals surface area contributed by atoms with E-state index in [2.05, 4.69) is 11.9 Å². The largest absolute Gasteiger partial charge is 0.497 e. The summed E-state index contributed by atoms with van der Waals surface area (Å²) in [7, 11) is 3.71. The van der Waals surface area contributed by atoms with E-state index in [9.17, 15) is 10.1 Å². The summed E-state index contributed by atoms with van der Waals surface area (Å²) in [5.41, 5.74) is 2.13. The van der Waals surface area contributed by atoms with Crippen molar-refractivity contribution < 1.29 is 9.66 Å². The number of ether oxygens (including phenoxy) is 1. The summed E-state index contributed by atoms with van der Waals surface area (Å²) in [4.78, 5) is 13.4. The van der Waals surface area contributed by atoms with Crippen molar-refractivity contribution in [3.05, 3.63) is 39.4 Å². The van der Waals surface area contributed by atoms with Crippen molar-refractivity contribution >= 4 is 11.8 Å². The molecule has 2 saturated heterocycles. The summed E-state index contributed by atoms with van der Waals surface area (Å²) in [6.45, 7) is 0. The molecule has 112 valence electrons. The number of hydrogen-bond acceptors (Lipinski definition) is 4. The minimum atomic E-state index is -0.335. The summed E-state index contributed by atoms with van der Waals surface area (Å²) in [5.74, 6) is 0.521. The number of nitro benzene ring substituents is 1. The van der Waals surface area contributed by atoms with Gasteiger partial charge in [0.05, 0.1) is 23.7 Å². The molecular weight excluding hydrogens is 268 g/mol. The van der Waals surface area contributed by atoms with Crippen LogP contribution in [0.15, 0.2) is 23.8 Å². The molecule has 0 aromatic heterocycles. The molecule has 21 heavy (non-hydrogen) atoms. The summed E-state index contributed by atoms with van der Waals surface area (Å²) in [5, 5.41) is 11.2. The molecule has 5 nitrogen and oxygen atoms in total. The molecule has 5 heteroatoms. The average molecular weight is 288 g/mol. The molecule has 2 aliphatic rings. The lowest BCUT2D eigenvalue weighted by Gasteiger charge is -2.32. The van der Waals surface area contributed by atoms with Crippen molar-refractivity contribution in [2.24, 2.45) is 0 Å². The third kappa shape index (κ3) is 2.65. The highest BCUT2D eigenvalue weighted by atomic mass is 16.6. The zero-order chi connectivity index (χ0) is 15.0. The van der Waals surface area contributed by atoms with Crippen molar-refractivity contribution in [1.82, 2.24) is 4.90 Å². The van der Waals surface area contributed by atoms with Gasteiger partial charge in [-0.1, -0.05) is 5.57 Å². The fourth-order valence-corrected chi connectivity index (χ4v) is 3.54. The van der Waals surface area contributed by atoms with E-state index in [1.165, 1.54) is 31.6 Å². The highest BCUT2D eigenvalue weighted by Crippen LogP contribution is 2.38. The van der Waals surface area contributed by atoms with Crippen molar-refractivity contribution in [3.8, 4) is 5.75 Å². The molecular formula is C16H20N2O3. The lowest BCUT2D eigenvalue weighted by molar-refractivity contribution is -0.385. The van der Waals surface area contributed by atoms with Gasteiger partial charge in [0.25, 0.3) is 5.69 Å². The molecule has 0 spiro atoms. The van der Waals surface area contributed by atoms with Crippen LogP contribution >= 0.6 is 0 Å². The van der Waals surface area contributed by atoms with E-state index in [0.717, 1.165) is 12.8 Å². The minimum absolute atomic E-state index is 0.119. The summed E-state index contributed by atoms with van der Waals surface area (Å²) in [6.07, 6.45) is 6.54. The summed E-state index contributed by atoms with van der Waals surface area (Å²) >= 11 is 0. The van der Waals surface area contributed by atoms with E-state index in [0.29, 0.717) is 23.4 Å². The third-order valence-electron chi connectivity index (χ3n) is 4.77. The standard InChI is InChI=1S/C16H20N2O3/c1-17-13-4-5-14(17)9-11(8-13)7-12-3-6-15(21-2)10-16(12)18(19)20/h3,6-7,10,13-14H,4-5,8-9H2,1-2H3/t13-,14+. The van der Waals surface area contributed by atoms with Crippen molar-refractivity contribution in [2.75, 3.05) is 14.2 Å². The topological polar surface area (TPSA) is 55.6 Å². The van der Waals surface area contributed by atoms with Crippen LogP contribution in [-0.4, -0.2) is 36.1 Å². The predicted octanol–water partition coefficient (Wildman–Crippen LogP) is 3.24. The fraction of sp³-hybridized carbons (Fsp3) is 0.500. The molecule has 2 atom stereocenters. The molecule has 2 bridgehead atoms. The van der Waals surface area contributed by atoms with Gasteiger partial charge in [0.1, 0.15) is 5.75 Å². The van der Waals surface area contributed by atoms with Crippen LogP contribution in [0.1, 0.15) is 31.2 Å². The second-order valence-corrected chi connectivity index (χ2v) is 5.94. The van der Waals surface area contributed by atoms with Gasteiger partial charge in [-0.05, 0) is 50.9 Å². The van der Waals surface area contributed by atoms with Gasteiger partial charge >= 0.3 is 0 Å². The van der Waals surface area contributed by atoms with Crippen LogP contribution in [0.2, 0.25) is 0 Å². The first-order valence-electron chi connectivity index (χ1n) is 7.32. The van der Waals surface area contributed by atoms with Gasteiger partial charge in [-0.2, -0.15) is 0 Å². The molecule has 2 fully saturated rings. The molecule has 2 aliphatic heterocycles. The maximum absolute atomic E-state index is 11.2. The number of nitrogens with zero attached hydrogens (tertiary/aromatic N) is 2. The second kappa shape index (κ2) is 5.48. The summed E-state index contributed by atoms with van der Waals surface area (Å²) in [6, 6.07) is 6.27. The Hall–Kier alpha value is -1.88. The van der Waals surface area contributed by atoms with Crippen LogP contribution in [0.4, 0.5) is 5.69 Å². The summed E-state index contributed by atoms with van der Waals surface area (Å²) < 4.78 is 5.08. The quantitative estimate of drug-likeness (QED) is 0.633. The average Bonchev–Trinajstić information content (AvgIpc) is 2.70.